The highest BCUT2D eigenvalue weighted by Crippen LogP contribution is 2.20. The molecule has 0 aliphatic carbocycles. The molecule has 9 heteroatoms. The quantitative estimate of drug-likeness (QED) is 0.267. The summed E-state index contributed by atoms with van der Waals surface area (Å²) in [5.41, 5.74) is 0. The van der Waals surface area contributed by atoms with Crippen molar-refractivity contribution in [2.45, 2.75) is 66.5 Å². The van der Waals surface area contributed by atoms with Crippen molar-refractivity contribution in [1.82, 2.24) is 4.90 Å². The molecule has 0 heterocycles. The maximum Gasteiger partial charge on any atom is 0.500 e. The van der Waals surface area contributed by atoms with Gasteiger partial charge in [0, 0.05) is 45.7 Å². The highest BCUT2D eigenvalue weighted by molar-refractivity contribution is 6.61. The molecular weight excluding hydrogens is 394 g/mol. The van der Waals surface area contributed by atoms with E-state index in [2.05, 4.69) is 11.9 Å². The third-order valence-corrected chi connectivity index (χ3v) is 10.5. The first-order chi connectivity index (χ1) is 13.5. The lowest BCUT2D eigenvalue weighted by atomic mass is 10.4. The molecular formula is C19H45NO6Si2-. The zero-order chi connectivity index (χ0) is 21.3. The Hall–Kier alpha value is 0.154. The molecule has 0 aliphatic heterocycles. The van der Waals surface area contributed by atoms with Gasteiger partial charge in [-0.1, -0.05) is 12.5 Å². The van der Waals surface area contributed by atoms with Crippen molar-refractivity contribution in [3.63, 3.8) is 0 Å². The van der Waals surface area contributed by atoms with Gasteiger partial charge in [-0.25, -0.2) is 0 Å². The number of hydrogen-bond acceptors (Lipinski definition) is 7. The Morgan fingerprint density at radius 2 is 1.07 bits per heavy atom. The van der Waals surface area contributed by atoms with Crippen molar-refractivity contribution >= 4 is 17.6 Å². The second-order valence-corrected chi connectivity index (χ2v) is 11.9. The first kappa shape index (κ1) is 28.2. The van der Waals surface area contributed by atoms with Gasteiger partial charge in [0.25, 0.3) is 8.80 Å². The van der Waals surface area contributed by atoms with Gasteiger partial charge in [-0.3, -0.25) is 0 Å². The van der Waals surface area contributed by atoms with E-state index in [1.54, 1.807) is 0 Å². The zero-order valence-electron chi connectivity index (χ0n) is 19.4. The van der Waals surface area contributed by atoms with Crippen LogP contribution in [0.2, 0.25) is 12.1 Å². The smallest absolute Gasteiger partial charge is 0.500 e. The number of nitrogens with zero attached hydrogens (tertiary/aromatic N) is 1. The Balaban J connectivity index is 4.46. The lowest BCUT2D eigenvalue weighted by Crippen LogP contribution is -2.47. The highest BCUT2D eigenvalue weighted by atomic mass is 28.4. The van der Waals surface area contributed by atoms with Gasteiger partial charge in [-0.15, -0.1) is 0 Å². The summed E-state index contributed by atoms with van der Waals surface area (Å²) in [6, 6.07) is 1.70. The minimum absolute atomic E-state index is 0.626. The molecule has 0 fully saturated rings. The van der Waals surface area contributed by atoms with Crippen molar-refractivity contribution in [2.24, 2.45) is 0 Å². The molecule has 0 amide bonds. The van der Waals surface area contributed by atoms with E-state index in [9.17, 15) is 0 Å². The third kappa shape index (κ3) is 11.4. The number of hydrogen-bond donors (Lipinski definition) is 0. The van der Waals surface area contributed by atoms with E-state index < -0.39 is 17.6 Å². The fourth-order valence-electron chi connectivity index (χ4n) is 3.25. The van der Waals surface area contributed by atoms with E-state index in [-0.39, 0.29) is 0 Å². The van der Waals surface area contributed by atoms with Gasteiger partial charge in [0.1, 0.15) is 0 Å². The first-order valence-electron chi connectivity index (χ1n) is 11.0. The van der Waals surface area contributed by atoms with Crippen molar-refractivity contribution in [3.05, 3.63) is 0 Å². The minimum Gasteiger partial charge on any atom is -0.525 e. The van der Waals surface area contributed by atoms with Gasteiger partial charge < -0.3 is 31.5 Å². The van der Waals surface area contributed by atoms with Crippen molar-refractivity contribution in [1.29, 1.82) is 0 Å². The molecule has 7 nitrogen and oxygen atoms in total. The first-order valence-corrected chi connectivity index (χ1v) is 14.8. The molecule has 171 valence electrons. The van der Waals surface area contributed by atoms with Gasteiger partial charge in [0.15, 0.2) is 0 Å². The maximum absolute atomic E-state index is 5.93. The minimum atomic E-state index is -2.54. The predicted octanol–water partition coefficient (Wildman–Crippen LogP) is 3.80. The van der Waals surface area contributed by atoms with Crippen molar-refractivity contribution < 1.29 is 26.6 Å². The summed E-state index contributed by atoms with van der Waals surface area (Å²) in [6.45, 7) is 17.7. The fourth-order valence-corrected chi connectivity index (χ4v) is 8.43. The van der Waals surface area contributed by atoms with Crippen LogP contribution in [0, 0.1) is 0 Å². The summed E-state index contributed by atoms with van der Waals surface area (Å²) < 4.78 is 35.6. The van der Waals surface area contributed by atoms with E-state index in [4.69, 9.17) is 26.6 Å². The molecule has 0 aliphatic rings. The number of rotatable bonds is 20. The van der Waals surface area contributed by atoms with Crippen LogP contribution in [0.5, 0.6) is 0 Å². The predicted molar refractivity (Wildman–Crippen MR) is 118 cm³/mol. The molecule has 0 unspecified atom stereocenters. The summed E-state index contributed by atoms with van der Waals surface area (Å²) >= 11 is 0. The Bertz CT molecular complexity index is 299. The lowest BCUT2D eigenvalue weighted by molar-refractivity contribution is 0.0698. The van der Waals surface area contributed by atoms with Crippen molar-refractivity contribution in [3.8, 4) is 0 Å². The molecule has 0 rings (SSSR count). The summed E-state index contributed by atoms with van der Waals surface area (Å²) in [4.78, 5) is 2.34. The monoisotopic (exact) mass is 439 g/mol. The summed E-state index contributed by atoms with van der Waals surface area (Å²) in [7, 11) is -2.92. The van der Waals surface area contributed by atoms with Gasteiger partial charge in [-0.05, 0) is 68.1 Å². The fraction of sp³-hybridized carbons (Fsp3) is 1.00. The van der Waals surface area contributed by atoms with Gasteiger partial charge in [0.05, 0.1) is 0 Å². The van der Waals surface area contributed by atoms with Gasteiger partial charge in [-0.2, -0.15) is 0 Å². The molecule has 0 atom stereocenters. The van der Waals surface area contributed by atoms with Crippen LogP contribution < -0.4 is 0 Å². The van der Waals surface area contributed by atoms with Crippen LogP contribution in [0.15, 0.2) is 0 Å². The van der Waals surface area contributed by atoms with E-state index in [1.807, 2.05) is 41.5 Å². The van der Waals surface area contributed by atoms with E-state index in [1.165, 1.54) is 0 Å². The lowest BCUT2D eigenvalue weighted by Gasteiger charge is -2.42. The van der Waals surface area contributed by atoms with Crippen LogP contribution >= 0.6 is 0 Å². The summed E-state index contributed by atoms with van der Waals surface area (Å²) in [6.07, 6.45) is 1.99. The average molecular weight is 440 g/mol. The molecule has 0 aromatic carbocycles. The standard InChI is InChI=1S/C19H45NO6Si2/c1-8-21-27(22-9-2,23-10-3)18-14-16-20(7)17-15-19-28(24-11-4,25-12-5)26-13-6/h8-19H2,1-7H3/q-1. The molecule has 0 bridgehead atoms. The van der Waals surface area contributed by atoms with Crippen LogP contribution in [-0.4, -0.2) is 82.3 Å². The normalized spacial score (nSPS) is 12.9. The van der Waals surface area contributed by atoms with Crippen LogP contribution in [0.1, 0.15) is 54.4 Å². The Morgan fingerprint density at radius 1 is 0.643 bits per heavy atom. The Kier molecular flexibility index (Phi) is 17.0. The Labute approximate surface area is 175 Å². The molecule has 0 saturated heterocycles. The topological polar surface area (TPSA) is 58.6 Å². The van der Waals surface area contributed by atoms with Crippen LogP contribution in [0.25, 0.3) is 0 Å². The van der Waals surface area contributed by atoms with Gasteiger partial charge in [0.2, 0.25) is 0 Å². The van der Waals surface area contributed by atoms with Crippen LogP contribution in [0.4, 0.5) is 0 Å². The molecule has 0 aromatic rings. The molecule has 28 heavy (non-hydrogen) atoms. The highest BCUT2D eigenvalue weighted by Gasteiger charge is 2.39. The van der Waals surface area contributed by atoms with E-state index >= 15 is 0 Å². The summed E-state index contributed by atoms with van der Waals surface area (Å²) in [5, 5.41) is 0. The molecule has 0 aromatic heterocycles. The van der Waals surface area contributed by atoms with E-state index in [0.717, 1.165) is 38.0 Å². The van der Waals surface area contributed by atoms with Gasteiger partial charge >= 0.3 is 8.80 Å². The average Bonchev–Trinajstić information content (AvgIpc) is 2.63. The van der Waals surface area contributed by atoms with Crippen LogP contribution in [0.3, 0.4) is 0 Å². The zero-order valence-corrected chi connectivity index (χ0v) is 21.4. The second-order valence-electron chi connectivity index (χ2n) is 6.47. The molecule has 0 saturated carbocycles. The van der Waals surface area contributed by atoms with Crippen molar-refractivity contribution in [2.75, 3.05) is 59.8 Å². The SMILES string of the molecule is CCO[Si](CCCN(C)CCC[Si-](OCC)(OCC)OCC)(OCC)OCC. The largest absolute Gasteiger partial charge is 0.525 e. The molecule has 0 radical (unpaired) electrons. The molecule has 0 spiro atoms. The summed E-state index contributed by atoms with van der Waals surface area (Å²) in [5.74, 6) is 0. The maximum atomic E-state index is 5.93. The Morgan fingerprint density at radius 3 is 1.46 bits per heavy atom. The van der Waals surface area contributed by atoms with Crippen LogP contribution in [-0.2, 0) is 26.6 Å². The second kappa shape index (κ2) is 16.9. The third-order valence-electron chi connectivity index (χ3n) is 4.23. The van der Waals surface area contributed by atoms with E-state index in [0.29, 0.717) is 39.6 Å². The molecule has 0 N–H and O–H groups in total.